The zero-order valence-corrected chi connectivity index (χ0v) is 30.4. The van der Waals surface area contributed by atoms with Crippen molar-refractivity contribution < 1.29 is 29.0 Å². The number of carbonyl (C=O) groups is 3. The molecule has 4 atom stereocenters. The first kappa shape index (κ1) is 40.3. The number of esters is 1. The third-order valence-electron chi connectivity index (χ3n) is 9.00. The maximum atomic E-state index is 13.7. The van der Waals surface area contributed by atoms with E-state index in [0.29, 0.717) is 25.9 Å². The van der Waals surface area contributed by atoms with E-state index < -0.39 is 18.1 Å². The van der Waals surface area contributed by atoms with Crippen molar-refractivity contribution in [1.82, 2.24) is 10.6 Å². The van der Waals surface area contributed by atoms with Crippen LogP contribution in [0.25, 0.3) is 0 Å². The summed E-state index contributed by atoms with van der Waals surface area (Å²) >= 11 is 0. The van der Waals surface area contributed by atoms with E-state index in [0.717, 1.165) is 40.8 Å². The minimum absolute atomic E-state index is 0.0406. The van der Waals surface area contributed by atoms with Crippen LogP contribution < -0.4 is 15.4 Å². The Morgan fingerprint density at radius 3 is 1.98 bits per heavy atom. The van der Waals surface area contributed by atoms with Gasteiger partial charge in [-0.1, -0.05) is 115 Å². The van der Waals surface area contributed by atoms with Gasteiger partial charge in [0.1, 0.15) is 18.5 Å². The number of ether oxygens (including phenoxy) is 2. The van der Waals surface area contributed by atoms with Crippen LogP contribution in [0.5, 0.6) is 5.75 Å². The van der Waals surface area contributed by atoms with Gasteiger partial charge in [-0.3, -0.25) is 14.4 Å². The fourth-order valence-corrected chi connectivity index (χ4v) is 6.08. The first-order valence-corrected chi connectivity index (χ1v) is 18.3. The predicted octanol–water partition coefficient (Wildman–Crippen LogP) is 7.48. The van der Waals surface area contributed by atoms with Crippen molar-refractivity contribution in [3.63, 3.8) is 0 Å². The van der Waals surface area contributed by atoms with Gasteiger partial charge in [0.05, 0.1) is 31.0 Å². The van der Waals surface area contributed by atoms with Gasteiger partial charge in [0.15, 0.2) is 0 Å². The Labute approximate surface area is 313 Å². The van der Waals surface area contributed by atoms with Gasteiger partial charge in [-0.2, -0.15) is 0 Å². The van der Waals surface area contributed by atoms with Crippen molar-refractivity contribution in [2.45, 2.75) is 63.7 Å². The lowest BCUT2D eigenvalue weighted by Gasteiger charge is -2.24. The molecule has 0 unspecified atom stereocenters. The molecule has 0 spiro atoms. The SMILES string of the molecule is C=CCCC[C@H](Cc1ccccc1)C(=O)O[C@H](CNC(=O)[C@@H](CC=C)CC(=O)N[C@H](CO)Cc1ccc(OCc2ccccc2)cc1)c1ccccc1. The van der Waals surface area contributed by atoms with Crippen LogP contribution in [0, 0.1) is 11.8 Å². The van der Waals surface area contributed by atoms with Crippen LogP contribution in [0.2, 0.25) is 0 Å². The summed E-state index contributed by atoms with van der Waals surface area (Å²) in [6, 6.07) is 36.1. The van der Waals surface area contributed by atoms with Gasteiger partial charge < -0.3 is 25.2 Å². The summed E-state index contributed by atoms with van der Waals surface area (Å²) < 4.78 is 12.0. The summed E-state index contributed by atoms with van der Waals surface area (Å²) in [5.74, 6) is -1.38. The summed E-state index contributed by atoms with van der Waals surface area (Å²) in [5.41, 5.74) is 3.80. The van der Waals surface area contributed by atoms with Crippen LogP contribution in [0.1, 0.15) is 60.5 Å². The van der Waals surface area contributed by atoms with Crippen LogP contribution in [-0.2, 0) is 38.6 Å². The third-order valence-corrected chi connectivity index (χ3v) is 9.00. The minimum Gasteiger partial charge on any atom is -0.489 e. The number of benzene rings is 4. The highest BCUT2D eigenvalue weighted by molar-refractivity contribution is 5.86. The summed E-state index contributed by atoms with van der Waals surface area (Å²) in [7, 11) is 0. The highest BCUT2D eigenvalue weighted by Gasteiger charge is 2.27. The number of rotatable bonds is 23. The second-order valence-electron chi connectivity index (χ2n) is 13.2. The molecule has 278 valence electrons. The molecule has 53 heavy (non-hydrogen) atoms. The summed E-state index contributed by atoms with van der Waals surface area (Å²) in [6.07, 6.45) is 6.10. The van der Waals surface area contributed by atoms with E-state index in [4.69, 9.17) is 9.47 Å². The standard InChI is InChI=1S/C45H52N2O6/c1-3-5-9-23-39(28-34-17-10-6-11-18-34)45(51)53-42(37-21-14-8-15-22-37)31-46-44(50)38(16-4-2)30-43(49)47-40(32-48)29-35-24-26-41(27-25-35)52-33-36-19-12-7-13-20-36/h3-4,6-8,10-15,17-22,24-27,38-40,42,48H,1-2,5,9,16,23,28-33H2,(H,46,50)(H,47,49)/t38-,39+,40-,42+/m0/s1. The lowest BCUT2D eigenvalue weighted by Crippen LogP contribution is -2.42. The molecule has 0 saturated carbocycles. The van der Waals surface area contributed by atoms with Gasteiger partial charge in [-0.15, -0.1) is 13.2 Å². The van der Waals surface area contributed by atoms with Crippen LogP contribution in [0.4, 0.5) is 0 Å². The molecule has 8 heteroatoms. The van der Waals surface area contributed by atoms with Crippen molar-refractivity contribution >= 4 is 17.8 Å². The molecule has 0 bridgehead atoms. The number of hydrogen-bond donors (Lipinski definition) is 3. The van der Waals surface area contributed by atoms with Crippen molar-refractivity contribution in [2.75, 3.05) is 13.2 Å². The number of hydrogen-bond acceptors (Lipinski definition) is 6. The first-order chi connectivity index (χ1) is 25.9. The van der Waals surface area contributed by atoms with Gasteiger partial charge in [0.2, 0.25) is 11.8 Å². The first-order valence-electron chi connectivity index (χ1n) is 18.3. The number of amides is 2. The third kappa shape index (κ3) is 14.2. The number of nitrogens with one attached hydrogen (secondary N) is 2. The fourth-order valence-electron chi connectivity index (χ4n) is 6.08. The van der Waals surface area contributed by atoms with Crippen molar-refractivity contribution in [2.24, 2.45) is 11.8 Å². The summed E-state index contributed by atoms with van der Waals surface area (Å²) in [5, 5.41) is 15.9. The lowest BCUT2D eigenvalue weighted by molar-refractivity contribution is -0.155. The molecular formula is C45H52N2O6. The Bertz CT molecular complexity index is 1700. The van der Waals surface area contributed by atoms with Gasteiger partial charge in [-0.05, 0) is 72.9 Å². The van der Waals surface area contributed by atoms with E-state index >= 15 is 0 Å². The molecule has 4 aromatic carbocycles. The second-order valence-corrected chi connectivity index (χ2v) is 13.2. The normalized spacial score (nSPS) is 13.1. The van der Waals surface area contributed by atoms with Gasteiger partial charge in [0, 0.05) is 6.42 Å². The molecule has 4 aromatic rings. The zero-order chi connectivity index (χ0) is 37.7. The topological polar surface area (TPSA) is 114 Å². The average Bonchev–Trinajstić information content (AvgIpc) is 3.19. The molecule has 0 heterocycles. The summed E-state index contributed by atoms with van der Waals surface area (Å²) in [4.78, 5) is 40.3. The molecule has 3 N–H and O–H groups in total. The fraction of sp³-hybridized carbons (Fsp3) is 0.311. The minimum atomic E-state index is -0.725. The molecule has 0 saturated heterocycles. The number of aliphatic hydroxyl groups excluding tert-OH is 1. The smallest absolute Gasteiger partial charge is 0.309 e. The van der Waals surface area contributed by atoms with Crippen LogP contribution in [0.15, 0.2) is 141 Å². The monoisotopic (exact) mass is 716 g/mol. The van der Waals surface area contributed by atoms with Crippen molar-refractivity contribution in [1.29, 1.82) is 0 Å². The number of aliphatic hydroxyl groups is 1. The maximum Gasteiger partial charge on any atom is 0.309 e. The number of unbranched alkanes of at least 4 members (excludes halogenated alkanes) is 1. The molecule has 2 amide bonds. The number of carbonyl (C=O) groups excluding carboxylic acids is 3. The highest BCUT2D eigenvalue weighted by atomic mass is 16.5. The van der Waals surface area contributed by atoms with E-state index in [1.807, 2.05) is 121 Å². The molecule has 0 aliphatic heterocycles. The van der Waals surface area contributed by atoms with E-state index in [1.165, 1.54) is 0 Å². The molecule has 4 rings (SSSR count). The quantitative estimate of drug-likeness (QED) is 0.0417. The lowest BCUT2D eigenvalue weighted by atomic mass is 9.94. The molecule has 0 aliphatic carbocycles. The Morgan fingerprint density at radius 1 is 0.736 bits per heavy atom. The summed E-state index contributed by atoms with van der Waals surface area (Å²) in [6.45, 7) is 7.83. The average molecular weight is 717 g/mol. The molecular weight excluding hydrogens is 665 g/mol. The Hall–Kier alpha value is -5.47. The van der Waals surface area contributed by atoms with Gasteiger partial charge >= 0.3 is 5.97 Å². The van der Waals surface area contributed by atoms with Gasteiger partial charge in [-0.25, -0.2) is 0 Å². The predicted molar refractivity (Wildman–Crippen MR) is 209 cm³/mol. The van der Waals surface area contributed by atoms with Crippen LogP contribution in [0.3, 0.4) is 0 Å². The Balaban J connectivity index is 1.33. The van der Waals surface area contributed by atoms with Crippen LogP contribution in [-0.4, -0.2) is 42.1 Å². The highest BCUT2D eigenvalue weighted by Crippen LogP contribution is 2.24. The van der Waals surface area contributed by atoms with E-state index in [1.54, 1.807) is 6.08 Å². The van der Waals surface area contributed by atoms with Crippen molar-refractivity contribution in [3.8, 4) is 5.75 Å². The van der Waals surface area contributed by atoms with Crippen molar-refractivity contribution in [3.05, 3.63) is 163 Å². The van der Waals surface area contributed by atoms with Crippen LogP contribution >= 0.6 is 0 Å². The Morgan fingerprint density at radius 2 is 1.36 bits per heavy atom. The second kappa shape index (κ2) is 22.5. The molecule has 0 radical (unpaired) electrons. The van der Waals surface area contributed by atoms with E-state index in [-0.39, 0.29) is 49.7 Å². The molecule has 0 fully saturated rings. The molecule has 8 nitrogen and oxygen atoms in total. The van der Waals surface area contributed by atoms with E-state index in [2.05, 4.69) is 23.8 Å². The maximum absolute atomic E-state index is 13.7. The van der Waals surface area contributed by atoms with Gasteiger partial charge in [0.25, 0.3) is 0 Å². The van der Waals surface area contributed by atoms with E-state index in [9.17, 15) is 19.5 Å². The molecule has 0 aromatic heterocycles. The molecule has 0 aliphatic rings. The largest absolute Gasteiger partial charge is 0.489 e. The zero-order valence-electron chi connectivity index (χ0n) is 30.4. The number of allylic oxidation sites excluding steroid dienone is 2. The Kier molecular flexibility index (Phi) is 17.1.